The Balaban J connectivity index is 2.29. The molecule has 0 aliphatic heterocycles. The van der Waals surface area contributed by atoms with Crippen LogP contribution in [0.15, 0.2) is 24.3 Å². The van der Waals surface area contributed by atoms with E-state index in [1.165, 1.54) is 17.7 Å². The highest BCUT2D eigenvalue weighted by molar-refractivity contribution is 5.92. The van der Waals surface area contributed by atoms with Gasteiger partial charge in [0.25, 0.3) is 0 Å². The number of pyridine rings is 1. The van der Waals surface area contributed by atoms with E-state index in [1.807, 2.05) is 18.2 Å². The van der Waals surface area contributed by atoms with Gasteiger partial charge in [0.2, 0.25) is 0 Å². The Labute approximate surface area is 95.5 Å². The lowest BCUT2D eigenvalue weighted by Gasteiger charge is -2.23. The molecule has 0 spiro atoms. The van der Waals surface area contributed by atoms with Crippen molar-refractivity contribution in [1.29, 1.82) is 0 Å². The lowest BCUT2D eigenvalue weighted by Crippen LogP contribution is -2.15. The zero-order valence-electron chi connectivity index (χ0n) is 9.53. The fraction of sp³-hybridized carbons (Fsp3) is 0.357. The summed E-state index contributed by atoms with van der Waals surface area (Å²) in [6, 6.07) is 8.16. The summed E-state index contributed by atoms with van der Waals surface area (Å²) in [7, 11) is 0. The molecule has 16 heavy (non-hydrogen) atoms. The molecule has 1 aromatic heterocycles. The quantitative estimate of drug-likeness (QED) is 0.729. The minimum atomic E-state index is 0.734. The molecule has 0 amide bonds. The van der Waals surface area contributed by atoms with E-state index < -0.39 is 0 Å². The summed E-state index contributed by atoms with van der Waals surface area (Å²) in [6.07, 6.45) is 3.39. The van der Waals surface area contributed by atoms with E-state index in [0.717, 1.165) is 35.3 Å². The number of anilines is 1. The number of aromatic nitrogens is 1. The Bertz CT molecular complexity index is 546. The van der Waals surface area contributed by atoms with Crippen molar-refractivity contribution in [2.24, 2.45) is 5.92 Å². The average molecular weight is 212 g/mol. The predicted octanol–water partition coefficient (Wildman–Crippen LogP) is 2.94. The number of rotatable bonds is 0. The van der Waals surface area contributed by atoms with E-state index in [1.54, 1.807) is 0 Å². The van der Waals surface area contributed by atoms with Gasteiger partial charge in [-0.05, 0) is 36.8 Å². The van der Waals surface area contributed by atoms with Crippen LogP contribution in [-0.2, 0) is 12.8 Å². The third kappa shape index (κ3) is 1.37. The van der Waals surface area contributed by atoms with Crippen LogP contribution in [0.2, 0.25) is 0 Å². The third-order valence-corrected chi connectivity index (χ3v) is 3.55. The molecule has 1 atom stereocenters. The normalized spacial score (nSPS) is 19.7. The number of para-hydroxylation sites is 1. The fourth-order valence-electron chi connectivity index (χ4n) is 2.60. The number of fused-ring (bicyclic) bond motifs is 2. The van der Waals surface area contributed by atoms with Gasteiger partial charge in [-0.1, -0.05) is 25.1 Å². The number of aryl methyl sites for hydroxylation is 1. The molecule has 0 saturated carbocycles. The summed E-state index contributed by atoms with van der Waals surface area (Å²) in [4.78, 5) is 4.73. The topological polar surface area (TPSA) is 38.9 Å². The monoisotopic (exact) mass is 212 g/mol. The molecule has 1 aromatic carbocycles. The Morgan fingerprint density at radius 1 is 1.31 bits per heavy atom. The second kappa shape index (κ2) is 3.48. The molecule has 2 aromatic rings. The van der Waals surface area contributed by atoms with E-state index >= 15 is 0 Å². The molecule has 0 saturated heterocycles. The molecule has 1 aliphatic carbocycles. The summed E-state index contributed by atoms with van der Waals surface area (Å²) in [5, 5.41) is 1.11. The van der Waals surface area contributed by atoms with E-state index in [4.69, 9.17) is 10.7 Å². The van der Waals surface area contributed by atoms with Gasteiger partial charge in [-0.25, -0.2) is 0 Å². The van der Waals surface area contributed by atoms with Crippen molar-refractivity contribution in [1.82, 2.24) is 4.98 Å². The van der Waals surface area contributed by atoms with Crippen LogP contribution in [-0.4, -0.2) is 4.98 Å². The minimum absolute atomic E-state index is 0.734. The Morgan fingerprint density at radius 3 is 3.00 bits per heavy atom. The van der Waals surface area contributed by atoms with E-state index in [2.05, 4.69) is 13.0 Å². The number of nitrogen functional groups attached to an aromatic ring is 1. The van der Waals surface area contributed by atoms with Gasteiger partial charge in [-0.2, -0.15) is 0 Å². The van der Waals surface area contributed by atoms with E-state index in [-0.39, 0.29) is 0 Å². The van der Waals surface area contributed by atoms with Gasteiger partial charge in [-0.3, -0.25) is 4.98 Å². The molecule has 1 aliphatic rings. The second-order valence-corrected chi connectivity index (χ2v) is 4.82. The van der Waals surface area contributed by atoms with Gasteiger partial charge in [0.15, 0.2) is 0 Å². The van der Waals surface area contributed by atoms with E-state index in [9.17, 15) is 0 Å². The van der Waals surface area contributed by atoms with Crippen molar-refractivity contribution >= 4 is 16.6 Å². The lowest BCUT2D eigenvalue weighted by molar-refractivity contribution is 0.496. The van der Waals surface area contributed by atoms with Gasteiger partial charge in [0, 0.05) is 16.8 Å². The first-order valence-electron chi connectivity index (χ1n) is 5.91. The van der Waals surface area contributed by atoms with Crippen LogP contribution >= 0.6 is 0 Å². The molecule has 3 rings (SSSR count). The molecule has 2 heteroatoms. The van der Waals surface area contributed by atoms with Crippen molar-refractivity contribution in [3.05, 3.63) is 35.5 Å². The van der Waals surface area contributed by atoms with Crippen LogP contribution in [0, 0.1) is 5.92 Å². The van der Waals surface area contributed by atoms with Crippen molar-refractivity contribution in [2.75, 3.05) is 5.73 Å². The first kappa shape index (κ1) is 9.64. The number of hydrogen-bond donors (Lipinski definition) is 1. The lowest BCUT2D eigenvalue weighted by atomic mass is 9.86. The zero-order chi connectivity index (χ0) is 11.1. The summed E-state index contributed by atoms with van der Waals surface area (Å²) in [6.45, 7) is 2.29. The molecule has 0 radical (unpaired) electrons. The van der Waals surface area contributed by atoms with Gasteiger partial charge in [0.05, 0.1) is 5.52 Å². The standard InChI is InChI=1S/C14H16N2/c1-9-6-7-13-11(8-9)14(15)10-4-2-3-5-12(10)16-13/h2-5,9H,6-8H2,1H3,(H2,15,16). The number of benzene rings is 1. The summed E-state index contributed by atoms with van der Waals surface area (Å²) in [5.74, 6) is 0.734. The fourth-order valence-corrected chi connectivity index (χ4v) is 2.60. The van der Waals surface area contributed by atoms with Crippen LogP contribution < -0.4 is 5.73 Å². The molecule has 1 unspecified atom stereocenters. The van der Waals surface area contributed by atoms with Gasteiger partial charge >= 0.3 is 0 Å². The molecule has 0 bridgehead atoms. The molecular formula is C14H16N2. The highest BCUT2D eigenvalue weighted by Gasteiger charge is 2.20. The van der Waals surface area contributed by atoms with E-state index in [0.29, 0.717) is 0 Å². The number of nitrogens with zero attached hydrogens (tertiary/aromatic N) is 1. The van der Waals surface area contributed by atoms with Crippen LogP contribution in [0.1, 0.15) is 24.6 Å². The molecule has 2 N–H and O–H groups in total. The molecule has 2 nitrogen and oxygen atoms in total. The van der Waals surface area contributed by atoms with Crippen LogP contribution in [0.3, 0.4) is 0 Å². The molecular weight excluding hydrogens is 196 g/mol. The first-order chi connectivity index (χ1) is 7.75. The van der Waals surface area contributed by atoms with Gasteiger partial charge in [0.1, 0.15) is 0 Å². The minimum Gasteiger partial charge on any atom is -0.398 e. The predicted molar refractivity (Wildman–Crippen MR) is 67.3 cm³/mol. The van der Waals surface area contributed by atoms with Crippen molar-refractivity contribution in [2.45, 2.75) is 26.2 Å². The Morgan fingerprint density at radius 2 is 2.12 bits per heavy atom. The Kier molecular flexibility index (Phi) is 2.10. The van der Waals surface area contributed by atoms with Crippen LogP contribution in [0.25, 0.3) is 10.9 Å². The smallest absolute Gasteiger partial charge is 0.0726 e. The zero-order valence-corrected chi connectivity index (χ0v) is 9.53. The maximum absolute atomic E-state index is 6.26. The highest BCUT2D eigenvalue weighted by Crippen LogP contribution is 2.32. The largest absolute Gasteiger partial charge is 0.398 e. The van der Waals surface area contributed by atoms with Crippen molar-refractivity contribution < 1.29 is 0 Å². The van der Waals surface area contributed by atoms with Crippen LogP contribution in [0.4, 0.5) is 5.69 Å². The number of nitrogens with two attached hydrogens (primary N) is 1. The van der Waals surface area contributed by atoms with Gasteiger partial charge < -0.3 is 5.73 Å². The Hall–Kier alpha value is -1.57. The van der Waals surface area contributed by atoms with Crippen molar-refractivity contribution in [3.8, 4) is 0 Å². The van der Waals surface area contributed by atoms with Crippen LogP contribution in [0.5, 0.6) is 0 Å². The molecule has 82 valence electrons. The number of hydrogen-bond acceptors (Lipinski definition) is 2. The highest BCUT2D eigenvalue weighted by atomic mass is 14.7. The SMILES string of the molecule is CC1CCc2nc3ccccc3c(N)c2C1. The summed E-state index contributed by atoms with van der Waals surface area (Å²) >= 11 is 0. The average Bonchev–Trinajstić information content (AvgIpc) is 2.31. The first-order valence-corrected chi connectivity index (χ1v) is 5.91. The van der Waals surface area contributed by atoms with Gasteiger partial charge in [-0.15, -0.1) is 0 Å². The molecule has 0 fully saturated rings. The summed E-state index contributed by atoms with van der Waals surface area (Å²) < 4.78 is 0. The maximum Gasteiger partial charge on any atom is 0.0726 e. The second-order valence-electron chi connectivity index (χ2n) is 4.82. The molecule has 1 heterocycles. The summed E-state index contributed by atoms with van der Waals surface area (Å²) in [5.41, 5.74) is 10.8. The maximum atomic E-state index is 6.26. The third-order valence-electron chi connectivity index (χ3n) is 3.55. The van der Waals surface area contributed by atoms with Crippen molar-refractivity contribution in [3.63, 3.8) is 0 Å².